The highest BCUT2D eigenvalue weighted by Gasteiger charge is 2.11. The Hall–Kier alpha value is -2.44. The van der Waals surface area contributed by atoms with E-state index < -0.39 is 5.82 Å². The molecule has 3 rings (SSSR count). The van der Waals surface area contributed by atoms with Gasteiger partial charge < -0.3 is 5.32 Å². The van der Waals surface area contributed by atoms with Crippen molar-refractivity contribution in [3.63, 3.8) is 0 Å². The zero-order valence-electron chi connectivity index (χ0n) is 13.9. The van der Waals surface area contributed by atoms with Crippen LogP contribution in [-0.4, -0.2) is 21.6 Å². The van der Waals surface area contributed by atoms with Gasteiger partial charge in [0, 0.05) is 16.3 Å². The molecule has 4 nitrogen and oxygen atoms in total. The number of rotatable bonds is 5. The Balaban J connectivity index is 1.67. The van der Waals surface area contributed by atoms with Crippen molar-refractivity contribution in [2.75, 3.05) is 11.1 Å². The molecule has 0 bridgehead atoms. The average molecular weight is 388 g/mol. The Bertz CT molecular complexity index is 937. The molecule has 0 atom stereocenters. The first kappa shape index (κ1) is 18.4. The van der Waals surface area contributed by atoms with Crippen LogP contribution in [0.4, 0.5) is 10.1 Å². The van der Waals surface area contributed by atoms with E-state index >= 15 is 0 Å². The molecule has 0 saturated heterocycles. The van der Waals surface area contributed by atoms with E-state index in [2.05, 4.69) is 15.3 Å². The summed E-state index contributed by atoms with van der Waals surface area (Å²) in [4.78, 5) is 20.9. The van der Waals surface area contributed by atoms with E-state index in [1.54, 1.807) is 0 Å². The number of anilines is 1. The van der Waals surface area contributed by atoms with Crippen molar-refractivity contribution in [1.82, 2.24) is 9.97 Å². The minimum absolute atomic E-state index is 0.0692. The number of nitrogens with one attached hydrogen (secondary N) is 1. The molecule has 3 aromatic rings. The van der Waals surface area contributed by atoms with E-state index in [1.165, 1.54) is 23.9 Å². The third-order valence-corrected chi connectivity index (χ3v) is 4.52. The number of benzene rings is 2. The van der Waals surface area contributed by atoms with E-state index in [0.717, 1.165) is 23.0 Å². The summed E-state index contributed by atoms with van der Waals surface area (Å²) in [6.45, 7) is 1.88. The molecule has 1 heterocycles. The lowest BCUT2D eigenvalue weighted by Gasteiger charge is -2.08. The van der Waals surface area contributed by atoms with E-state index in [1.807, 2.05) is 43.3 Å². The minimum atomic E-state index is -0.575. The second-order valence-electron chi connectivity index (χ2n) is 5.50. The van der Waals surface area contributed by atoms with Gasteiger partial charge in [-0.2, -0.15) is 0 Å². The van der Waals surface area contributed by atoms with Gasteiger partial charge in [0.1, 0.15) is 5.82 Å². The highest BCUT2D eigenvalue weighted by atomic mass is 35.5. The van der Waals surface area contributed by atoms with Crippen LogP contribution < -0.4 is 5.32 Å². The molecule has 0 unspecified atom stereocenters. The van der Waals surface area contributed by atoms with Gasteiger partial charge in [0.2, 0.25) is 5.91 Å². The van der Waals surface area contributed by atoms with Crippen LogP contribution in [0.15, 0.2) is 59.8 Å². The first-order valence-electron chi connectivity index (χ1n) is 7.80. The number of thioether (sulfide) groups is 1. The largest absolute Gasteiger partial charge is 0.323 e. The SMILES string of the molecule is Cc1cc(-c2ccccc2)nc(SCC(=O)Nc2ccc(Cl)cc2F)n1. The van der Waals surface area contributed by atoms with E-state index in [0.29, 0.717) is 5.16 Å². The zero-order valence-corrected chi connectivity index (χ0v) is 15.4. The quantitative estimate of drug-likeness (QED) is 0.495. The third-order valence-electron chi connectivity index (χ3n) is 3.44. The Morgan fingerprint density at radius 1 is 1.15 bits per heavy atom. The molecular formula is C19H15ClFN3OS. The van der Waals surface area contributed by atoms with E-state index in [4.69, 9.17) is 11.6 Å². The van der Waals surface area contributed by atoms with E-state index in [9.17, 15) is 9.18 Å². The molecule has 0 aliphatic rings. The molecule has 26 heavy (non-hydrogen) atoms. The van der Waals surface area contributed by atoms with Gasteiger partial charge in [0.15, 0.2) is 5.16 Å². The molecule has 1 N–H and O–H groups in total. The molecule has 0 saturated carbocycles. The summed E-state index contributed by atoms with van der Waals surface area (Å²) in [5.74, 6) is -0.851. The molecule has 1 amide bonds. The molecule has 2 aromatic carbocycles. The molecule has 1 aromatic heterocycles. The summed E-state index contributed by atoms with van der Waals surface area (Å²) in [5.41, 5.74) is 2.68. The molecule has 0 fully saturated rings. The number of amides is 1. The van der Waals surface area contributed by atoms with Crippen molar-refractivity contribution in [2.24, 2.45) is 0 Å². The minimum Gasteiger partial charge on any atom is -0.323 e. The highest BCUT2D eigenvalue weighted by Crippen LogP contribution is 2.23. The zero-order chi connectivity index (χ0) is 18.5. The lowest BCUT2D eigenvalue weighted by molar-refractivity contribution is -0.113. The summed E-state index contributed by atoms with van der Waals surface area (Å²) in [6.07, 6.45) is 0. The van der Waals surface area contributed by atoms with Crippen LogP contribution in [0.5, 0.6) is 0 Å². The van der Waals surface area contributed by atoms with Crippen LogP contribution in [0.3, 0.4) is 0 Å². The van der Waals surface area contributed by atoms with Crippen molar-refractivity contribution < 1.29 is 9.18 Å². The fourth-order valence-electron chi connectivity index (χ4n) is 2.27. The monoisotopic (exact) mass is 387 g/mol. The number of hydrogen-bond acceptors (Lipinski definition) is 4. The fourth-order valence-corrected chi connectivity index (χ4v) is 3.13. The number of aryl methyl sites for hydroxylation is 1. The number of aromatic nitrogens is 2. The maximum atomic E-state index is 13.7. The Morgan fingerprint density at radius 3 is 2.65 bits per heavy atom. The van der Waals surface area contributed by atoms with Gasteiger partial charge in [-0.15, -0.1) is 0 Å². The van der Waals surface area contributed by atoms with Gasteiger partial charge in [0.05, 0.1) is 17.1 Å². The first-order valence-corrected chi connectivity index (χ1v) is 9.16. The van der Waals surface area contributed by atoms with Crippen LogP contribution in [0, 0.1) is 12.7 Å². The van der Waals surface area contributed by atoms with Crippen molar-refractivity contribution in [3.05, 3.63) is 71.1 Å². The Labute approximate surface area is 159 Å². The topological polar surface area (TPSA) is 54.9 Å². The molecule has 7 heteroatoms. The second-order valence-corrected chi connectivity index (χ2v) is 6.88. The Kier molecular flexibility index (Phi) is 5.85. The number of carbonyl (C=O) groups excluding carboxylic acids is 1. The smallest absolute Gasteiger partial charge is 0.234 e. The molecule has 0 radical (unpaired) electrons. The van der Waals surface area contributed by atoms with Crippen LogP contribution in [0.2, 0.25) is 5.02 Å². The molecule has 0 spiro atoms. The fraction of sp³-hybridized carbons (Fsp3) is 0.105. The molecular weight excluding hydrogens is 373 g/mol. The van der Waals surface area contributed by atoms with E-state index in [-0.39, 0.29) is 22.4 Å². The highest BCUT2D eigenvalue weighted by molar-refractivity contribution is 7.99. The van der Waals surface area contributed by atoms with Crippen molar-refractivity contribution in [1.29, 1.82) is 0 Å². The van der Waals surface area contributed by atoms with Crippen LogP contribution in [0.25, 0.3) is 11.3 Å². The first-order chi connectivity index (χ1) is 12.5. The third kappa shape index (κ3) is 4.80. The number of nitrogens with zero attached hydrogens (tertiary/aromatic N) is 2. The summed E-state index contributed by atoms with van der Waals surface area (Å²) in [6, 6.07) is 15.7. The summed E-state index contributed by atoms with van der Waals surface area (Å²) >= 11 is 6.90. The number of carbonyl (C=O) groups is 1. The van der Waals surface area contributed by atoms with Gasteiger partial charge in [-0.3, -0.25) is 4.79 Å². The van der Waals surface area contributed by atoms with Crippen molar-refractivity contribution in [2.45, 2.75) is 12.1 Å². The van der Waals surface area contributed by atoms with Gasteiger partial charge in [-0.25, -0.2) is 14.4 Å². The summed E-state index contributed by atoms with van der Waals surface area (Å²) in [5, 5.41) is 3.29. The predicted molar refractivity (Wildman–Crippen MR) is 103 cm³/mol. The Morgan fingerprint density at radius 2 is 1.92 bits per heavy atom. The van der Waals surface area contributed by atoms with Gasteiger partial charge in [-0.05, 0) is 31.2 Å². The van der Waals surface area contributed by atoms with Crippen molar-refractivity contribution in [3.8, 4) is 11.3 Å². The maximum absolute atomic E-state index is 13.7. The molecule has 0 aliphatic heterocycles. The normalized spacial score (nSPS) is 10.6. The van der Waals surface area contributed by atoms with Gasteiger partial charge in [-0.1, -0.05) is 53.7 Å². The lowest BCUT2D eigenvalue weighted by Crippen LogP contribution is -2.15. The summed E-state index contributed by atoms with van der Waals surface area (Å²) in [7, 11) is 0. The van der Waals surface area contributed by atoms with Crippen LogP contribution in [-0.2, 0) is 4.79 Å². The van der Waals surface area contributed by atoms with Gasteiger partial charge in [0.25, 0.3) is 0 Å². The second kappa shape index (κ2) is 8.29. The van der Waals surface area contributed by atoms with Gasteiger partial charge >= 0.3 is 0 Å². The number of halogens is 2. The standard InChI is InChI=1S/C19H15ClFN3OS/c1-12-9-17(13-5-3-2-4-6-13)24-19(22-12)26-11-18(25)23-16-8-7-14(20)10-15(16)21/h2-10H,11H2,1H3,(H,23,25). The predicted octanol–water partition coefficient (Wildman–Crippen LogP) is 4.98. The average Bonchev–Trinajstić information content (AvgIpc) is 2.63. The molecule has 0 aliphatic carbocycles. The summed E-state index contributed by atoms with van der Waals surface area (Å²) < 4.78 is 13.7. The van der Waals surface area contributed by atoms with Crippen molar-refractivity contribution >= 4 is 35.0 Å². The number of hydrogen-bond donors (Lipinski definition) is 1. The van der Waals surface area contributed by atoms with Crippen LogP contribution >= 0.6 is 23.4 Å². The lowest BCUT2D eigenvalue weighted by atomic mass is 10.1. The maximum Gasteiger partial charge on any atom is 0.234 e. The molecule has 132 valence electrons. The van der Waals surface area contributed by atoms with Crippen LogP contribution in [0.1, 0.15) is 5.69 Å².